The zero-order valence-corrected chi connectivity index (χ0v) is 18.4. The Hall–Kier alpha value is -3.32. The molecule has 2 aromatic heterocycles. The van der Waals surface area contributed by atoms with E-state index in [0.29, 0.717) is 15.9 Å². The fourth-order valence-corrected chi connectivity index (χ4v) is 4.33. The molecule has 1 atom stereocenters. The highest BCUT2D eigenvalue weighted by Crippen LogP contribution is 2.27. The Kier molecular flexibility index (Phi) is 6.23. The molecule has 0 bridgehead atoms. The molecule has 1 N–H and O–H groups in total. The molecule has 2 aromatic carbocycles. The Labute approximate surface area is 184 Å². The van der Waals surface area contributed by atoms with Gasteiger partial charge in [-0.05, 0) is 49.9 Å². The second-order valence-electron chi connectivity index (χ2n) is 7.75. The van der Waals surface area contributed by atoms with Gasteiger partial charge in [-0.1, -0.05) is 54.1 Å². The molecule has 0 saturated carbocycles. The second-order valence-corrected chi connectivity index (χ2v) is 8.52. The Morgan fingerprint density at radius 3 is 2.74 bits per heavy atom. The van der Waals surface area contributed by atoms with E-state index >= 15 is 0 Å². The summed E-state index contributed by atoms with van der Waals surface area (Å²) in [5.41, 5.74) is 4.32. The maximum Gasteiger partial charge on any atom is 0.273 e. The van der Waals surface area contributed by atoms with E-state index in [2.05, 4.69) is 26.8 Å². The average Bonchev–Trinajstić information content (AvgIpc) is 3.20. The van der Waals surface area contributed by atoms with Crippen molar-refractivity contribution in [1.29, 1.82) is 0 Å². The largest absolute Gasteiger partial charge is 0.352 e. The summed E-state index contributed by atoms with van der Waals surface area (Å²) in [6, 6.07) is 18.1. The molecule has 0 unspecified atom stereocenters. The number of aromatic nitrogens is 3. The van der Waals surface area contributed by atoms with E-state index < -0.39 is 0 Å². The lowest BCUT2D eigenvalue weighted by molar-refractivity contribution is -0.122. The Bertz CT molecular complexity index is 1260. The Morgan fingerprint density at radius 1 is 1.16 bits per heavy atom. The summed E-state index contributed by atoms with van der Waals surface area (Å²) in [7, 11) is 0. The molecule has 0 aliphatic carbocycles. The van der Waals surface area contributed by atoms with Gasteiger partial charge in [-0.3, -0.25) is 14.2 Å². The lowest BCUT2D eigenvalue weighted by Crippen LogP contribution is -2.37. The molecule has 7 heteroatoms. The summed E-state index contributed by atoms with van der Waals surface area (Å²) in [4.78, 5) is 29.8. The topological polar surface area (TPSA) is 76.9 Å². The first-order valence-corrected chi connectivity index (χ1v) is 11.0. The molecule has 2 heterocycles. The third-order valence-corrected chi connectivity index (χ3v) is 6.00. The number of benzene rings is 2. The van der Waals surface area contributed by atoms with Crippen LogP contribution in [0.2, 0.25) is 0 Å². The minimum Gasteiger partial charge on any atom is -0.352 e. The van der Waals surface area contributed by atoms with Crippen LogP contribution in [0.15, 0.2) is 65.7 Å². The van der Waals surface area contributed by atoms with Gasteiger partial charge < -0.3 is 5.32 Å². The molecule has 0 aliphatic heterocycles. The molecular weight excluding hydrogens is 408 g/mol. The van der Waals surface area contributed by atoms with Crippen molar-refractivity contribution in [2.45, 2.75) is 39.3 Å². The fraction of sp³-hybridized carbons (Fsp3) is 0.250. The molecule has 31 heavy (non-hydrogen) atoms. The number of nitrogens with zero attached hydrogens (tertiary/aromatic N) is 3. The van der Waals surface area contributed by atoms with Gasteiger partial charge in [0.2, 0.25) is 5.91 Å². The summed E-state index contributed by atoms with van der Waals surface area (Å²) in [6.07, 6.45) is 3.15. The van der Waals surface area contributed by atoms with Gasteiger partial charge >= 0.3 is 0 Å². The highest BCUT2D eigenvalue weighted by molar-refractivity contribution is 7.13. The molecule has 6 nitrogen and oxygen atoms in total. The van der Waals surface area contributed by atoms with Gasteiger partial charge in [-0.15, -0.1) is 0 Å². The number of nitrogens with one attached hydrogen (secondary N) is 1. The lowest BCUT2D eigenvalue weighted by atomic mass is 10.1. The minimum absolute atomic E-state index is 0.0106. The highest BCUT2D eigenvalue weighted by atomic mass is 32.1. The monoisotopic (exact) mass is 432 g/mol. The van der Waals surface area contributed by atoms with E-state index in [0.717, 1.165) is 35.5 Å². The van der Waals surface area contributed by atoms with Crippen LogP contribution in [0.5, 0.6) is 0 Å². The van der Waals surface area contributed by atoms with Crippen LogP contribution in [0.1, 0.15) is 24.5 Å². The van der Waals surface area contributed by atoms with Crippen LogP contribution in [0.4, 0.5) is 0 Å². The smallest absolute Gasteiger partial charge is 0.273 e. The number of carbonyl (C=O) groups excluding carboxylic acids is 1. The first-order valence-electron chi connectivity index (χ1n) is 10.3. The van der Waals surface area contributed by atoms with Crippen LogP contribution in [-0.4, -0.2) is 25.9 Å². The van der Waals surface area contributed by atoms with Crippen LogP contribution in [0.25, 0.3) is 21.5 Å². The zero-order valence-electron chi connectivity index (χ0n) is 17.5. The zero-order chi connectivity index (χ0) is 21.8. The summed E-state index contributed by atoms with van der Waals surface area (Å²) in [5.74, 6) is -0.202. The van der Waals surface area contributed by atoms with Crippen molar-refractivity contribution in [2.75, 3.05) is 0 Å². The first kappa shape index (κ1) is 20.9. The molecule has 0 fully saturated rings. The Morgan fingerprint density at radius 2 is 1.97 bits per heavy atom. The molecule has 1 amide bonds. The lowest BCUT2D eigenvalue weighted by Gasteiger charge is -2.14. The summed E-state index contributed by atoms with van der Waals surface area (Å²) in [6.45, 7) is 3.93. The SMILES string of the molecule is Cc1cccc(-c2nsc3c(=O)n(CC(=O)N[C@H](C)CCc4ccccc4)cnc23)c1. The first-order chi connectivity index (χ1) is 15.0. The number of fused-ring (bicyclic) bond motifs is 1. The number of hydrogen-bond acceptors (Lipinski definition) is 5. The number of hydrogen-bond donors (Lipinski definition) is 1. The summed E-state index contributed by atoms with van der Waals surface area (Å²) in [5, 5.41) is 2.97. The number of carbonyl (C=O) groups is 1. The van der Waals surface area contributed by atoms with E-state index in [9.17, 15) is 9.59 Å². The number of aryl methyl sites for hydroxylation is 2. The van der Waals surface area contributed by atoms with E-state index in [1.165, 1.54) is 16.5 Å². The molecule has 158 valence electrons. The van der Waals surface area contributed by atoms with Gasteiger partial charge in [0, 0.05) is 11.6 Å². The molecule has 4 rings (SSSR count). The molecule has 0 radical (unpaired) electrons. The van der Waals surface area contributed by atoms with Crippen molar-refractivity contribution in [2.24, 2.45) is 0 Å². The maximum absolute atomic E-state index is 12.9. The number of rotatable bonds is 7. The van der Waals surface area contributed by atoms with E-state index in [1.807, 2.05) is 56.3 Å². The predicted octanol–water partition coefficient (Wildman–Crippen LogP) is 3.97. The van der Waals surface area contributed by atoms with Crippen LogP contribution in [0, 0.1) is 6.92 Å². The van der Waals surface area contributed by atoms with Gasteiger partial charge in [-0.25, -0.2) is 4.98 Å². The maximum atomic E-state index is 12.9. The average molecular weight is 433 g/mol. The van der Waals surface area contributed by atoms with E-state index in [-0.39, 0.29) is 24.1 Å². The van der Waals surface area contributed by atoms with Crippen molar-refractivity contribution in [3.05, 3.63) is 82.4 Å². The summed E-state index contributed by atoms with van der Waals surface area (Å²) >= 11 is 1.12. The molecule has 0 saturated heterocycles. The van der Waals surface area contributed by atoms with Gasteiger partial charge in [-0.2, -0.15) is 4.37 Å². The molecule has 4 aromatic rings. The van der Waals surface area contributed by atoms with E-state index in [1.54, 1.807) is 0 Å². The predicted molar refractivity (Wildman–Crippen MR) is 124 cm³/mol. The van der Waals surface area contributed by atoms with Crippen LogP contribution in [-0.2, 0) is 17.8 Å². The van der Waals surface area contributed by atoms with Gasteiger partial charge in [0.05, 0.1) is 6.33 Å². The second kappa shape index (κ2) is 9.22. The van der Waals surface area contributed by atoms with Gasteiger partial charge in [0.1, 0.15) is 22.5 Å². The van der Waals surface area contributed by atoms with Crippen molar-refractivity contribution in [3.63, 3.8) is 0 Å². The minimum atomic E-state index is -0.242. The molecule has 0 spiro atoms. The van der Waals surface area contributed by atoms with Crippen LogP contribution in [0.3, 0.4) is 0 Å². The number of amides is 1. The third-order valence-electron chi connectivity index (χ3n) is 5.17. The van der Waals surface area contributed by atoms with Crippen LogP contribution < -0.4 is 10.9 Å². The van der Waals surface area contributed by atoms with Crippen molar-refractivity contribution in [3.8, 4) is 11.3 Å². The standard InChI is InChI=1S/C24H24N4O2S/c1-16-7-6-10-19(13-16)21-22-23(31-27-21)24(30)28(15-25-22)14-20(29)26-17(2)11-12-18-8-4-3-5-9-18/h3-10,13,15,17H,11-12,14H2,1-2H3,(H,26,29)/t17-/m1/s1. The van der Waals surface area contributed by atoms with Crippen molar-refractivity contribution >= 4 is 27.7 Å². The normalized spacial score (nSPS) is 12.1. The van der Waals surface area contributed by atoms with Crippen molar-refractivity contribution < 1.29 is 4.79 Å². The van der Waals surface area contributed by atoms with Crippen molar-refractivity contribution in [1.82, 2.24) is 19.2 Å². The van der Waals surface area contributed by atoms with Crippen LogP contribution >= 0.6 is 11.5 Å². The highest BCUT2D eigenvalue weighted by Gasteiger charge is 2.16. The van der Waals surface area contributed by atoms with Gasteiger partial charge in [0.25, 0.3) is 5.56 Å². The Balaban J connectivity index is 1.44. The van der Waals surface area contributed by atoms with Gasteiger partial charge in [0.15, 0.2) is 0 Å². The summed E-state index contributed by atoms with van der Waals surface area (Å²) < 4.78 is 6.26. The van der Waals surface area contributed by atoms with E-state index in [4.69, 9.17) is 0 Å². The molecule has 0 aliphatic rings. The fourth-order valence-electron chi connectivity index (χ4n) is 3.53. The molecular formula is C24H24N4O2S. The quantitative estimate of drug-likeness (QED) is 0.479. The third kappa shape index (κ3) is 4.88.